The molecule has 5 rings (SSSR count). The Kier molecular flexibility index (Phi) is 5.70. The molecule has 5 heteroatoms. The number of benzene rings is 2. The summed E-state index contributed by atoms with van der Waals surface area (Å²) in [6.45, 7) is 8.22. The number of hydrogen-bond acceptors (Lipinski definition) is 4. The third-order valence-corrected chi connectivity index (χ3v) is 6.58. The molecule has 0 saturated carbocycles. The number of nitrogens with two attached hydrogens (primary N) is 1. The molecular formula is C26H32N4O. The van der Waals surface area contributed by atoms with Crippen LogP contribution in [0, 0.1) is 6.92 Å². The number of nitrogens with one attached hydrogen (secondary N) is 1. The average Bonchev–Trinajstić information content (AvgIpc) is 3.40. The molecule has 0 radical (unpaired) electrons. The minimum atomic E-state index is 0.447. The predicted molar refractivity (Wildman–Crippen MR) is 129 cm³/mol. The van der Waals surface area contributed by atoms with Gasteiger partial charge in [-0.25, -0.2) is 0 Å². The van der Waals surface area contributed by atoms with Gasteiger partial charge < -0.3 is 20.0 Å². The topological polar surface area (TPSA) is 61.4 Å². The number of unbranched alkanes of at least 4 members (excludes halogenated alkanes) is 1. The number of aryl methyl sites for hydroxylation is 2. The molecule has 2 aromatic carbocycles. The van der Waals surface area contributed by atoms with Crippen molar-refractivity contribution in [2.24, 2.45) is 5.73 Å². The molecule has 0 atom stereocenters. The van der Waals surface area contributed by atoms with Gasteiger partial charge in [-0.3, -0.25) is 4.90 Å². The molecule has 5 nitrogen and oxygen atoms in total. The second-order valence-corrected chi connectivity index (χ2v) is 8.79. The van der Waals surface area contributed by atoms with Gasteiger partial charge in [-0.1, -0.05) is 11.6 Å². The van der Waals surface area contributed by atoms with Gasteiger partial charge in [0.1, 0.15) is 11.3 Å². The molecule has 2 aromatic heterocycles. The van der Waals surface area contributed by atoms with Crippen LogP contribution in [-0.4, -0.2) is 42.6 Å². The lowest BCUT2D eigenvalue weighted by Crippen LogP contribution is -2.46. The van der Waals surface area contributed by atoms with Gasteiger partial charge in [0, 0.05) is 54.4 Å². The Morgan fingerprint density at radius 1 is 1.00 bits per heavy atom. The third-order valence-electron chi connectivity index (χ3n) is 6.58. The summed E-state index contributed by atoms with van der Waals surface area (Å²) in [6.07, 6.45) is 5.83. The van der Waals surface area contributed by atoms with Crippen LogP contribution in [0.15, 0.2) is 53.1 Å². The Balaban J connectivity index is 1.10. The molecule has 3 N–H and O–H groups in total. The summed E-state index contributed by atoms with van der Waals surface area (Å²) < 4.78 is 5.73. The molecule has 31 heavy (non-hydrogen) atoms. The highest BCUT2D eigenvalue weighted by Crippen LogP contribution is 2.26. The van der Waals surface area contributed by atoms with Crippen molar-refractivity contribution in [1.29, 1.82) is 0 Å². The molecular weight excluding hydrogens is 384 g/mol. The third kappa shape index (κ3) is 4.34. The van der Waals surface area contributed by atoms with Crippen molar-refractivity contribution in [3.8, 4) is 0 Å². The van der Waals surface area contributed by atoms with Crippen LogP contribution in [0.4, 0.5) is 5.69 Å². The first-order valence-corrected chi connectivity index (χ1v) is 11.5. The maximum Gasteiger partial charge on any atom is 0.134 e. The van der Waals surface area contributed by atoms with Gasteiger partial charge in [-0.15, -0.1) is 0 Å². The fraction of sp³-hybridized carbons (Fsp3) is 0.385. The van der Waals surface area contributed by atoms with E-state index >= 15 is 0 Å². The molecule has 3 heterocycles. The number of H-pyrrole nitrogens is 1. The van der Waals surface area contributed by atoms with Crippen LogP contribution < -0.4 is 10.6 Å². The summed E-state index contributed by atoms with van der Waals surface area (Å²) in [5.74, 6) is 0.847. The first kappa shape index (κ1) is 20.2. The van der Waals surface area contributed by atoms with E-state index in [0.29, 0.717) is 6.54 Å². The smallest absolute Gasteiger partial charge is 0.134 e. The Bertz CT molecular complexity index is 1170. The van der Waals surface area contributed by atoms with Gasteiger partial charge in [0.05, 0.1) is 6.54 Å². The van der Waals surface area contributed by atoms with Gasteiger partial charge in [0.15, 0.2) is 0 Å². The second-order valence-electron chi connectivity index (χ2n) is 8.79. The van der Waals surface area contributed by atoms with E-state index < -0.39 is 0 Å². The number of anilines is 1. The van der Waals surface area contributed by atoms with Crippen molar-refractivity contribution < 1.29 is 4.42 Å². The summed E-state index contributed by atoms with van der Waals surface area (Å²) >= 11 is 0. The normalized spacial score (nSPS) is 15.4. The Morgan fingerprint density at radius 2 is 1.87 bits per heavy atom. The van der Waals surface area contributed by atoms with Crippen LogP contribution in [0.2, 0.25) is 0 Å². The van der Waals surface area contributed by atoms with Crippen molar-refractivity contribution >= 4 is 27.6 Å². The number of piperazine rings is 1. The van der Waals surface area contributed by atoms with Crippen molar-refractivity contribution in [3.63, 3.8) is 0 Å². The molecule has 1 fully saturated rings. The summed E-state index contributed by atoms with van der Waals surface area (Å²) in [7, 11) is 0. The maximum atomic E-state index is 5.73. The molecule has 1 aliphatic heterocycles. The van der Waals surface area contributed by atoms with Gasteiger partial charge in [-0.2, -0.15) is 0 Å². The summed E-state index contributed by atoms with van der Waals surface area (Å²) in [4.78, 5) is 8.51. The number of fused-ring (bicyclic) bond motifs is 2. The van der Waals surface area contributed by atoms with E-state index in [4.69, 9.17) is 10.2 Å². The Hall–Kier alpha value is -2.76. The quantitative estimate of drug-likeness (QED) is 0.424. The minimum absolute atomic E-state index is 0.447. The molecule has 1 saturated heterocycles. The maximum absolute atomic E-state index is 5.73. The standard InChI is InChI=1S/C26H32N4O/c1-19-5-7-25-24(14-19)20(18-28-25)4-2-3-9-29-10-12-30(13-11-29)22-6-8-26-21(15-22)16-23(17-27)31-26/h5-8,14-16,18,28H,2-4,9-13,17,27H2,1H3. The van der Waals surface area contributed by atoms with E-state index in [2.05, 4.69) is 70.4 Å². The zero-order valence-electron chi connectivity index (χ0n) is 18.4. The number of nitrogens with zero attached hydrogens (tertiary/aromatic N) is 2. The molecule has 0 amide bonds. The highest BCUT2D eigenvalue weighted by atomic mass is 16.3. The highest BCUT2D eigenvalue weighted by molar-refractivity contribution is 5.84. The van der Waals surface area contributed by atoms with Gasteiger partial charge >= 0.3 is 0 Å². The van der Waals surface area contributed by atoms with Crippen LogP contribution in [0.3, 0.4) is 0 Å². The fourth-order valence-electron chi connectivity index (χ4n) is 4.76. The monoisotopic (exact) mass is 416 g/mol. The largest absolute Gasteiger partial charge is 0.460 e. The number of hydrogen-bond donors (Lipinski definition) is 2. The van der Waals surface area contributed by atoms with Crippen LogP contribution in [0.1, 0.15) is 29.7 Å². The highest BCUT2D eigenvalue weighted by Gasteiger charge is 2.17. The van der Waals surface area contributed by atoms with Gasteiger partial charge in [0.25, 0.3) is 0 Å². The van der Waals surface area contributed by atoms with Crippen LogP contribution in [-0.2, 0) is 13.0 Å². The van der Waals surface area contributed by atoms with Crippen LogP contribution in [0.5, 0.6) is 0 Å². The molecule has 0 aliphatic carbocycles. The minimum Gasteiger partial charge on any atom is -0.460 e. The molecule has 162 valence electrons. The Morgan fingerprint density at radius 3 is 2.71 bits per heavy atom. The van der Waals surface area contributed by atoms with E-state index in [-0.39, 0.29) is 0 Å². The van der Waals surface area contributed by atoms with Gasteiger partial charge in [-0.05, 0) is 74.7 Å². The summed E-state index contributed by atoms with van der Waals surface area (Å²) in [6, 6.07) is 15.2. The summed E-state index contributed by atoms with van der Waals surface area (Å²) in [5.41, 5.74) is 12.0. The zero-order chi connectivity index (χ0) is 21.2. The average molecular weight is 417 g/mol. The first-order valence-electron chi connectivity index (χ1n) is 11.5. The predicted octanol–water partition coefficient (Wildman–Crippen LogP) is 4.83. The van der Waals surface area contributed by atoms with E-state index in [0.717, 1.165) is 49.3 Å². The van der Waals surface area contributed by atoms with E-state index in [1.165, 1.54) is 47.1 Å². The van der Waals surface area contributed by atoms with Crippen molar-refractivity contribution in [2.45, 2.75) is 32.7 Å². The van der Waals surface area contributed by atoms with Gasteiger partial charge in [0.2, 0.25) is 0 Å². The number of rotatable bonds is 7. The Labute approximate surface area is 183 Å². The van der Waals surface area contributed by atoms with Crippen molar-refractivity contribution in [3.05, 3.63) is 65.5 Å². The van der Waals surface area contributed by atoms with E-state index in [9.17, 15) is 0 Å². The molecule has 4 aromatic rings. The number of furan rings is 1. The van der Waals surface area contributed by atoms with E-state index in [1.54, 1.807) is 0 Å². The lowest BCUT2D eigenvalue weighted by Gasteiger charge is -2.36. The fourth-order valence-corrected chi connectivity index (χ4v) is 4.76. The molecule has 0 bridgehead atoms. The van der Waals surface area contributed by atoms with Crippen LogP contribution >= 0.6 is 0 Å². The molecule has 1 aliphatic rings. The SMILES string of the molecule is Cc1ccc2[nH]cc(CCCCN3CCN(c4ccc5oc(CN)cc5c4)CC3)c2c1. The van der Waals surface area contributed by atoms with E-state index in [1.807, 2.05) is 0 Å². The van der Waals surface area contributed by atoms with Crippen molar-refractivity contribution in [1.82, 2.24) is 9.88 Å². The number of aromatic amines is 1. The zero-order valence-corrected chi connectivity index (χ0v) is 18.4. The first-order chi connectivity index (χ1) is 15.2. The molecule has 0 unspecified atom stereocenters. The molecule has 0 spiro atoms. The van der Waals surface area contributed by atoms with Crippen LogP contribution in [0.25, 0.3) is 21.9 Å². The second kappa shape index (κ2) is 8.77. The van der Waals surface area contributed by atoms with Crippen molar-refractivity contribution in [2.75, 3.05) is 37.6 Å². The number of aromatic nitrogens is 1. The lowest BCUT2D eigenvalue weighted by molar-refractivity contribution is 0.253. The summed E-state index contributed by atoms with van der Waals surface area (Å²) in [5, 5.41) is 2.54. The lowest BCUT2D eigenvalue weighted by atomic mass is 10.1.